The highest BCUT2D eigenvalue weighted by atomic mass is 16.1. The molecule has 3 atom stereocenters. The van der Waals surface area contributed by atoms with Crippen LogP contribution >= 0.6 is 0 Å². The number of hydrogen-bond donors (Lipinski definition) is 1. The quantitative estimate of drug-likeness (QED) is 0.742. The fourth-order valence-electron chi connectivity index (χ4n) is 3.94. The third-order valence-corrected chi connectivity index (χ3v) is 5.46. The molecule has 2 bridgehead atoms. The van der Waals surface area contributed by atoms with Crippen molar-refractivity contribution >= 4 is 5.78 Å². The van der Waals surface area contributed by atoms with Gasteiger partial charge in [0.2, 0.25) is 0 Å². The van der Waals surface area contributed by atoms with E-state index in [0.717, 1.165) is 25.9 Å². The van der Waals surface area contributed by atoms with Crippen LogP contribution in [0.4, 0.5) is 0 Å². The zero-order valence-corrected chi connectivity index (χ0v) is 11.1. The Morgan fingerprint density at radius 2 is 2.06 bits per heavy atom. The summed E-state index contributed by atoms with van der Waals surface area (Å²) in [5.74, 6) is 1.41. The van der Waals surface area contributed by atoms with Crippen molar-refractivity contribution in [2.45, 2.75) is 47.0 Å². The molecule has 0 aromatic carbocycles. The lowest BCUT2D eigenvalue weighted by molar-refractivity contribution is -0.131. The van der Waals surface area contributed by atoms with Gasteiger partial charge in [-0.1, -0.05) is 27.7 Å². The van der Waals surface area contributed by atoms with E-state index < -0.39 is 0 Å². The maximum Gasteiger partial charge on any atom is 0.143 e. The van der Waals surface area contributed by atoms with Crippen LogP contribution in [0.15, 0.2) is 0 Å². The molecule has 2 heteroatoms. The van der Waals surface area contributed by atoms with Gasteiger partial charge in [-0.15, -0.1) is 0 Å². The van der Waals surface area contributed by atoms with E-state index in [4.69, 9.17) is 0 Å². The number of Topliss-reactive ketones (excluding diaryl/α,β-unsaturated/α-hetero) is 1. The van der Waals surface area contributed by atoms with Gasteiger partial charge in [-0.3, -0.25) is 4.79 Å². The molecular weight excluding hydrogens is 198 g/mol. The summed E-state index contributed by atoms with van der Waals surface area (Å²) < 4.78 is 0. The number of carbonyl (C=O) groups is 1. The Morgan fingerprint density at radius 1 is 1.38 bits per heavy atom. The van der Waals surface area contributed by atoms with E-state index in [1.54, 1.807) is 0 Å². The zero-order valence-electron chi connectivity index (χ0n) is 11.1. The minimum Gasteiger partial charge on any atom is -0.316 e. The number of carbonyl (C=O) groups excluding carboxylic acids is 1. The Bertz CT molecular complexity index is 297. The average molecular weight is 223 g/mol. The molecule has 0 heterocycles. The van der Waals surface area contributed by atoms with E-state index in [1.807, 2.05) is 0 Å². The Kier molecular flexibility index (Phi) is 2.90. The monoisotopic (exact) mass is 223 g/mol. The molecule has 3 unspecified atom stereocenters. The van der Waals surface area contributed by atoms with Crippen molar-refractivity contribution in [1.82, 2.24) is 5.32 Å². The molecule has 0 radical (unpaired) electrons. The molecule has 2 saturated carbocycles. The summed E-state index contributed by atoms with van der Waals surface area (Å²) in [4.78, 5) is 12.5. The van der Waals surface area contributed by atoms with Crippen LogP contribution in [-0.2, 0) is 4.79 Å². The second kappa shape index (κ2) is 3.83. The molecule has 0 aliphatic heterocycles. The van der Waals surface area contributed by atoms with Crippen LogP contribution in [0.1, 0.15) is 47.0 Å². The van der Waals surface area contributed by atoms with Crippen LogP contribution in [0.5, 0.6) is 0 Å². The summed E-state index contributed by atoms with van der Waals surface area (Å²) in [6, 6.07) is 0. The molecule has 0 spiro atoms. The van der Waals surface area contributed by atoms with Gasteiger partial charge in [0, 0.05) is 17.9 Å². The number of ketones is 1. The minimum absolute atomic E-state index is 0.0454. The van der Waals surface area contributed by atoms with Gasteiger partial charge in [-0.05, 0) is 37.1 Å². The van der Waals surface area contributed by atoms with E-state index in [1.165, 1.54) is 6.42 Å². The number of fused-ring (bicyclic) bond motifs is 2. The van der Waals surface area contributed by atoms with Gasteiger partial charge in [-0.2, -0.15) is 0 Å². The Labute approximate surface area is 99.2 Å². The Balaban J connectivity index is 2.11. The molecule has 0 aromatic heterocycles. The summed E-state index contributed by atoms with van der Waals surface area (Å²) in [5.41, 5.74) is 0.166. The van der Waals surface area contributed by atoms with Crippen molar-refractivity contribution in [3.05, 3.63) is 0 Å². The Morgan fingerprint density at radius 3 is 2.56 bits per heavy atom. The third kappa shape index (κ3) is 1.38. The highest BCUT2D eigenvalue weighted by Crippen LogP contribution is 2.65. The molecule has 2 rings (SSSR count). The topological polar surface area (TPSA) is 29.1 Å². The fraction of sp³-hybridized carbons (Fsp3) is 0.929. The van der Waals surface area contributed by atoms with Crippen molar-refractivity contribution in [3.63, 3.8) is 0 Å². The van der Waals surface area contributed by atoms with Gasteiger partial charge in [0.1, 0.15) is 5.78 Å². The summed E-state index contributed by atoms with van der Waals surface area (Å²) >= 11 is 0. The first kappa shape index (κ1) is 12.1. The summed E-state index contributed by atoms with van der Waals surface area (Å²) in [6.07, 6.45) is 3.49. The number of nitrogens with one attached hydrogen (secondary N) is 1. The van der Waals surface area contributed by atoms with Crippen LogP contribution in [0, 0.1) is 22.7 Å². The molecule has 16 heavy (non-hydrogen) atoms. The van der Waals surface area contributed by atoms with Crippen molar-refractivity contribution in [3.8, 4) is 0 Å². The first-order valence-corrected chi connectivity index (χ1v) is 6.70. The maximum atomic E-state index is 12.5. The van der Waals surface area contributed by atoms with Crippen LogP contribution < -0.4 is 5.32 Å². The van der Waals surface area contributed by atoms with Gasteiger partial charge in [-0.25, -0.2) is 0 Å². The molecule has 0 amide bonds. The second-order valence-electron chi connectivity index (χ2n) is 6.37. The summed E-state index contributed by atoms with van der Waals surface area (Å²) in [6.45, 7) is 10.9. The van der Waals surface area contributed by atoms with Gasteiger partial charge in [0.25, 0.3) is 0 Å². The predicted molar refractivity (Wildman–Crippen MR) is 66.3 cm³/mol. The van der Waals surface area contributed by atoms with Crippen LogP contribution in [0.3, 0.4) is 0 Å². The Hall–Kier alpha value is -0.370. The normalized spacial score (nSPS) is 40.6. The lowest BCUT2D eigenvalue weighted by Gasteiger charge is -2.32. The molecule has 1 N–H and O–H groups in total. The zero-order chi connectivity index (χ0) is 12.0. The molecule has 2 aliphatic rings. The van der Waals surface area contributed by atoms with Crippen LogP contribution in [0.2, 0.25) is 0 Å². The molecule has 2 aliphatic carbocycles. The van der Waals surface area contributed by atoms with E-state index in [0.29, 0.717) is 11.7 Å². The predicted octanol–water partition coefficient (Wildman–Crippen LogP) is 2.63. The maximum absolute atomic E-state index is 12.5. The fourth-order valence-corrected chi connectivity index (χ4v) is 3.94. The summed E-state index contributed by atoms with van der Waals surface area (Å²) in [5, 5.41) is 3.43. The second-order valence-corrected chi connectivity index (χ2v) is 6.37. The van der Waals surface area contributed by atoms with E-state index >= 15 is 0 Å². The van der Waals surface area contributed by atoms with Crippen LogP contribution in [-0.4, -0.2) is 18.9 Å². The molecule has 0 saturated heterocycles. The highest BCUT2D eigenvalue weighted by molar-refractivity contribution is 5.91. The first-order chi connectivity index (χ1) is 7.45. The average Bonchev–Trinajstić information content (AvgIpc) is 2.53. The van der Waals surface area contributed by atoms with E-state index in [2.05, 4.69) is 33.0 Å². The minimum atomic E-state index is -0.0454. The lowest BCUT2D eigenvalue weighted by Crippen LogP contribution is -2.36. The first-order valence-electron chi connectivity index (χ1n) is 6.70. The standard InChI is InChI=1S/C14H25NO/c1-5-8-15-9-10-11-6-7-14(4,12(10)16)13(11,2)3/h10-11,15H,5-9H2,1-4H3. The highest BCUT2D eigenvalue weighted by Gasteiger charge is 2.65. The lowest BCUT2D eigenvalue weighted by atomic mass is 9.70. The molecular formula is C14H25NO. The van der Waals surface area contributed by atoms with Crippen molar-refractivity contribution in [2.75, 3.05) is 13.1 Å². The largest absolute Gasteiger partial charge is 0.316 e. The van der Waals surface area contributed by atoms with E-state index in [-0.39, 0.29) is 16.7 Å². The van der Waals surface area contributed by atoms with Crippen molar-refractivity contribution in [1.29, 1.82) is 0 Å². The van der Waals surface area contributed by atoms with E-state index in [9.17, 15) is 4.79 Å². The van der Waals surface area contributed by atoms with Gasteiger partial charge in [0.15, 0.2) is 0 Å². The van der Waals surface area contributed by atoms with Crippen molar-refractivity contribution in [2.24, 2.45) is 22.7 Å². The van der Waals surface area contributed by atoms with Crippen LogP contribution in [0.25, 0.3) is 0 Å². The number of rotatable bonds is 4. The summed E-state index contributed by atoms with van der Waals surface area (Å²) in [7, 11) is 0. The third-order valence-electron chi connectivity index (χ3n) is 5.46. The molecule has 92 valence electrons. The van der Waals surface area contributed by atoms with Gasteiger partial charge < -0.3 is 5.32 Å². The van der Waals surface area contributed by atoms with Gasteiger partial charge >= 0.3 is 0 Å². The molecule has 0 aromatic rings. The van der Waals surface area contributed by atoms with Gasteiger partial charge in [0.05, 0.1) is 0 Å². The smallest absolute Gasteiger partial charge is 0.143 e. The molecule has 2 nitrogen and oxygen atoms in total. The molecule has 2 fully saturated rings. The van der Waals surface area contributed by atoms with Crippen molar-refractivity contribution < 1.29 is 4.79 Å². The SMILES string of the molecule is CCCNCC1C(=O)C2(C)CCC1C2(C)C. The number of hydrogen-bond acceptors (Lipinski definition) is 2.